The Morgan fingerprint density at radius 1 is 1.54 bits per heavy atom. The first kappa shape index (κ1) is 10.1. The molecule has 0 aliphatic carbocycles. The van der Waals surface area contributed by atoms with E-state index in [-0.39, 0.29) is 0 Å². The molecule has 0 bridgehead atoms. The average molecular weight is 184 g/mol. The highest BCUT2D eigenvalue weighted by Gasteiger charge is 2.05. The zero-order valence-electron chi connectivity index (χ0n) is 8.16. The van der Waals surface area contributed by atoms with E-state index in [4.69, 9.17) is 10.5 Å². The Kier molecular flexibility index (Phi) is 3.85. The number of hydrogen-bond acceptors (Lipinski definition) is 4. The maximum atomic E-state index is 5.47. The van der Waals surface area contributed by atoms with Gasteiger partial charge in [0.05, 0.1) is 24.5 Å². The van der Waals surface area contributed by atoms with Gasteiger partial charge in [-0.25, -0.2) is 4.68 Å². The predicted octanol–water partition coefficient (Wildman–Crippen LogP) is 0.0817. The SMILES string of the molecule is CCOCCn1nnc(CN)c1C. The number of hydrogen-bond donors (Lipinski definition) is 1. The third kappa shape index (κ3) is 2.50. The Morgan fingerprint density at radius 3 is 2.85 bits per heavy atom. The van der Waals surface area contributed by atoms with Crippen molar-refractivity contribution in [1.29, 1.82) is 0 Å². The topological polar surface area (TPSA) is 66.0 Å². The van der Waals surface area contributed by atoms with Crippen molar-refractivity contribution >= 4 is 0 Å². The van der Waals surface area contributed by atoms with Crippen molar-refractivity contribution in [2.24, 2.45) is 5.73 Å². The summed E-state index contributed by atoms with van der Waals surface area (Å²) in [6.07, 6.45) is 0. The molecule has 1 rings (SSSR count). The quantitative estimate of drug-likeness (QED) is 0.658. The maximum absolute atomic E-state index is 5.47. The van der Waals surface area contributed by atoms with E-state index in [1.807, 2.05) is 18.5 Å². The number of rotatable bonds is 5. The predicted molar refractivity (Wildman–Crippen MR) is 49.1 cm³/mol. The van der Waals surface area contributed by atoms with Crippen molar-refractivity contribution < 1.29 is 4.74 Å². The second-order valence-electron chi connectivity index (χ2n) is 2.75. The van der Waals surface area contributed by atoms with E-state index < -0.39 is 0 Å². The van der Waals surface area contributed by atoms with E-state index in [2.05, 4.69) is 10.3 Å². The minimum atomic E-state index is 0.445. The Bertz CT molecular complexity index is 259. The molecule has 5 heteroatoms. The van der Waals surface area contributed by atoms with Gasteiger partial charge in [-0.05, 0) is 13.8 Å². The Morgan fingerprint density at radius 2 is 2.31 bits per heavy atom. The molecule has 5 nitrogen and oxygen atoms in total. The monoisotopic (exact) mass is 184 g/mol. The van der Waals surface area contributed by atoms with E-state index in [1.54, 1.807) is 0 Å². The van der Waals surface area contributed by atoms with Gasteiger partial charge in [0.1, 0.15) is 0 Å². The van der Waals surface area contributed by atoms with Gasteiger partial charge in [-0.1, -0.05) is 5.21 Å². The van der Waals surface area contributed by atoms with Gasteiger partial charge in [-0.15, -0.1) is 5.10 Å². The molecule has 0 saturated carbocycles. The highest BCUT2D eigenvalue weighted by molar-refractivity contribution is 5.06. The molecule has 0 aliphatic heterocycles. The van der Waals surface area contributed by atoms with E-state index in [9.17, 15) is 0 Å². The minimum absolute atomic E-state index is 0.445. The van der Waals surface area contributed by atoms with E-state index in [0.717, 1.165) is 24.5 Å². The van der Waals surface area contributed by atoms with Crippen LogP contribution in [0.25, 0.3) is 0 Å². The average Bonchev–Trinajstić information content (AvgIpc) is 2.48. The van der Waals surface area contributed by atoms with Crippen LogP contribution in [-0.4, -0.2) is 28.2 Å². The van der Waals surface area contributed by atoms with Crippen LogP contribution in [0.3, 0.4) is 0 Å². The molecule has 13 heavy (non-hydrogen) atoms. The van der Waals surface area contributed by atoms with E-state index >= 15 is 0 Å². The van der Waals surface area contributed by atoms with Gasteiger partial charge in [0.15, 0.2) is 0 Å². The van der Waals surface area contributed by atoms with Crippen molar-refractivity contribution in [3.63, 3.8) is 0 Å². The number of ether oxygens (including phenoxy) is 1. The summed E-state index contributed by atoms with van der Waals surface area (Å²) in [7, 11) is 0. The van der Waals surface area contributed by atoms with Crippen molar-refractivity contribution in [3.8, 4) is 0 Å². The lowest BCUT2D eigenvalue weighted by molar-refractivity contribution is 0.135. The van der Waals surface area contributed by atoms with Crippen LogP contribution in [0.15, 0.2) is 0 Å². The second kappa shape index (κ2) is 4.94. The summed E-state index contributed by atoms with van der Waals surface area (Å²) < 4.78 is 7.03. The Balaban J connectivity index is 2.51. The number of nitrogens with two attached hydrogens (primary N) is 1. The van der Waals surface area contributed by atoms with Gasteiger partial charge in [0, 0.05) is 13.2 Å². The first-order valence-corrected chi connectivity index (χ1v) is 4.46. The Hall–Kier alpha value is -0.940. The normalized spacial score (nSPS) is 10.7. The maximum Gasteiger partial charge on any atom is 0.0991 e. The fourth-order valence-corrected chi connectivity index (χ4v) is 1.09. The number of aromatic nitrogens is 3. The molecule has 0 unspecified atom stereocenters. The van der Waals surface area contributed by atoms with Crippen molar-refractivity contribution in [2.75, 3.05) is 13.2 Å². The zero-order valence-corrected chi connectivity index (χ0v) is 8.16. The molecule has 0 saturated heterocycles. The zero-order chi connectivity index (χ0) is 9.68. The Labute approximate surface area is 77.9 Å². The molecular formula is C8H16N4O. The molecule has 0 atom stereocenters. The van der Waals surface area contributed by atoms with Crippen LogP contribution >= 0.6 is 0 Å². The van der Waals surface area contributed by atoms with Gasteiger partial charge >= 0.3 is 0 Å². The van der Waals surface area contributed by atoms with Gasteiger partial charge in [-0.3, -0.25) is 0 Å². The molecule has 0 radical (unpaired) electrons. The largest absolute Gasteiger partial charge is 0.380 e. The van der Waals surface area contributed by atoms with Gasteiger partial charge in [0.25, 0.3) is 0 Å². The molecule has 0 aromatic carbocycles. The van der Waals surface area contributed by atoms with Crippen LogP contribution in [0.1, 0.15) is 18.3 Å². The van der Waals surface area contributed by atoms with Gasteiger partial charge in [0.2, 0.25) is 0 Å². The van der Waals surface area contributed by atoms with Gasteiger partial charge in [-0.2, -0.15) is 0 Å². The molecule has 0 fully saturated rings. The molecule has 1 heterocycles. The summed E-state index contributed by atoms with van der Waals surface area (Å²) in [4.78, 5) is 0. The van der Waals surface area contributed by atoms with E-state index in [1.165, 1.54) is 0 Å². The number of nitrogens with zero attached hydrogens (tertiary/aromatic N) is 3. The molecule has 0 spiro atoms. The summed E-state index contributed by atoms with van der Waals surface area (Å²) in [5, 5.41) is 7.91. The van der Waals surface area contributed by atoms with Crippen LogP contribution in [0.5, 0.6) is 0 Å². The second-order valence-corrected chi connectivity index (χ2v) is 2.75. The highest BCUT2D eigenvalue weighted by Crippen LogP contribution is 2.01. The lowest BCUT2D eigenvalue weighted by atomic mass is 10.3. The van der Waals surface area contributed by atoms with Crippen LogP contribution < -0.4 is 5.73 Å². The summed E-state index contributed by atoms with van der Waals surface area (Å²) >= 11 is 0. The standard InChI is InChI=1S/C8H16N4O/c1-3-13-5-4-12-7(2)8(6-9)10-11-12/h3-6,9H2,1-2H3. The van der Waals surface area contributed by atoms with Gasteiger partial charge < -0.3 is 10.5 Å². The summed E-state index contributed by atoms with van der Waals surface area (Å²) in [6, 6.07) is 0. The van der Waals surface area contributed by atoms with Crippen LogP contribution in [0.4, 0.5) is 0 Å². The minimum Gasteiger partial charge on any atom is -0.380 e. The molecule has 0 aliphatic rings. The fraction of sp³-hybridized carbons (Fsp3) is 0.750. The van der Waals surface area contributed by atoms with Crippen molar-refractivity contribution in [1.82, 2.24) is 15.0 Å². The molecule has 2 N–H and O–H groups in total. The third-order valence-electron chi connectivity index (χ3n) is 1.92. The fourth-order valence-electron chi connectivity index (χ4n) is 1.09. The lowest BCUT2D eigenvalue weighted by Crippen LogP contribution is -2.09. The first-order chi connectivity index (χ1) is 6.29. The van der Waals surface area contributed by atoms with Crippen molar-refractivity contribution in [3.05, 3.63) is 11.4 Å². The summed E-state index contributed by atoms with van der Waals surface area (Å²) in [6.45, 7) is 6.53. The highest BCUT2D eigenvalue weighted by atomic mass is 16.5. The van der Waals surface area contributed by atoms with Crippen molar-refractivity contribution in [2.45, 2.75) is 26.9 Å². The summed E-state index contributed by atoms with van der Waals surface area (Å²) in [5.41, 5.74) is 7.36. The summed E-state index contributed by atoms with van der Waals surface area (Å²) in [5.74, 6) is 0. The lowest BCUT2D eigenvalue weighted by Gasteiger charge is -2.02. The molecule has 1 aromatic rings. The molecule has 0 amide bonds. The van der Waals surface area contributed by atoms with E-state index in [0.29, 0.717) is 13.2 Å². The van der Waals surface area contributed by atoms with Crippen LogP contribution in [-0.2, 0) is 17.8 Å². The molecule has 74 valence electrons. The first-order valence-electron chi connectivity index (χ1n) is 4.46. The molecule has 1 aromatic heterocycles. The molecular weight excluding hydrogens is 168 g/mol. The smallest absolute Gasteiger partial charge is 0.0991 e. The van der Waals surface area contributed by atoms with Crippen LogP contribution in [0, 0.1) is 6.92 Å². The van der Waals surface area contributed by atoms with Crippen LogP contribution in [0.2, 0.25) is 0 Å². The third-order valence-corrected chi connectivity index (χ3v) is 1.92.